The molecule has 0 N–H and O–H groups in total. The number of carbonyl (C=O) groups excluding carboxylic acids is 1. The summed E-state index contributed by atoms with van der Waals surface area (Å²) in [5.41, 5.74) is 4.56. The molecule has 30 heavy (non-hydrogen) atoms. The molecule has 1 fully saturated rings. The number of hydrogen-bond donors (Lipinski definition) is 0. The Morgan fingerprint density at radius 1 is 1.17 bits per heavy atom. The lowest BCUT2D eigenvalue weighted by Gasteiger charge is -2.32. The standard InChI is InChI=1S/C24H25N3O3/c1-17-12-19(13-18-6-5-7-20(14-18)29-2)15-22(26-17)23-16-27(10-11-30-23)24(28)21-8-3-4-9-25-21/h3-9,12,14-15,23H,10-11,13,16H2,1-2H3/t23-/m0/s1. The average Bonchev–Trinajstić information content (AvgIpc) is 2.79. The van der Waals surface area contributed by atoms with E-state index in [9.17, 15) is 4.79 Å². The molecule has 0 radical (unpaired) electrons. The third kappa shape index (κ3) is 4.66. The van der Waals surface area contributed by atoms with Crippen molar-refractivity contribution in [3.05, 3.63) is 89.0 Å². The van der Waals surface area contributed by atoms with E-state index in [-0.39, 0.29) is 12.0 Å². The van der Waals surface area contributed by atoms with E-state index in [0.29, 0.717) is 25.4 Å². The van der Waals surface area contributed by atoms with Gasteiger partial charge in [-0.15, -0.1) is 0 Å². The predicted octanol–water partition coefficient (Wildman–Crippen LogP) is 3.60. The molecule has 1 aromatic carbocycles. The Kier molecular flexibility index (Phi) is 6.05. The molecule has 0 spiro atoms. The van der Waals surface area contributed by atoms with Gasteiger partial charge in [-0.2, -0.15) is 0 Å². The normalized spacial score (nSPS) is 16.3. The highest BCUT2D eigenvalue weighted by molar-refractivity contribution is 5.92. The van der Waals surface area contributed by atoms with Gasteiger partial charge >= 0.3 is 0 Å². The van der Waals surface area contributed by atoms with Gasteiger partial charge in [0, 0.05) is 18.4 Å². The van der Waals surface area contributed by atoms with Crippen molar-refractivity contribution in [1.29, 1.82) is 0 Å². The second-order valence-corrected chi connectivity index (χ2v) is 7.40. The number of morpholine rings is 1. The number of aromatic nitrogens is 2. The van der Waals surface area contributed by atoms with E-state index >= 15 is 0 Å². The molecule has 6 nitrogen and oxygen atoms in total. The molecule has 1 aliphatic rings. The third-order valence-electron chi connectivity index (χ3n) is 5.14. The van der Waals surface area contributed by atoms with E-state index in [1.165, 1.54) is 5.56 Å². The van der Waals surface area contributed by atoms with E-state index in [0.717, 1.165) is 29.1 Å². The van der Waals surface area contributed by atoms with Crippen LogP contribution < -0.4 is 4.74 Å². The monoisotopic (exact) mass is 403 g/mol. The van der Waals surface area contributed by atoms with Gasteiger partial charge in [-0.3, -0.25) is 14.8 Å². The maximum absolute atomic E-state index is 12.8. The maximum atomic E-state index is 12.8. The van der Waals surface area contributed by atoms with Gasteiger partial charge in [-0.25, -0.2) is 0 Å². The van der Waals surface area contributed by atoms with Crippen molar-refractivity contribution >= 4 is 5.91 Å². The van der Waals surface area contributed by atoms with Crippen molar-refractivity contribution in [3.8, 4) is 5.75 Å². The van der Waals surface area contributed by atoms with Crippen LogP contribution in [0, 0.1) is 6.92 Å². The first-order chi connectivity index (χ1) is 14.6. The molecule has 1 atom stereocenters. The Balaban J connectivity index is 1.52. The lowest BCUT2D eigenvalue weighted by Crippen LogP contribution is -2.42. The van der Waals surface area contributed by atoms with E-state index in [4.69, 9.17) is 14.5 Å². The summed E-state index contributed by atoms with van der Waals surface area (Å²) in [5, 5.41) is 0. The summed E-state index contributed by atoms with van der Waals surface area (Å²) in [4.78, 5) is 23.5. The lowest BCUT2D eigenvalue weighted by atomic mass is 10.0. The second kappa shape index (κ2) is 9.05. The number of methoxy groups -OCH3 is 1. The first-order valence-electron chi connectivity index (χ1n) is 10.0. The Bertz CT molecular complexity index is 1020. The SMILES string of the molecule is COc1cccc(Cc2cc(C)nc([C@@H]3CN(C(=O)c4ccccn4)CCO3)c2)c1. The molecule has 6 heteroatoms. The van der Waals surface area contributed by atoms with E-state index < -0.39 is 0 Å². The Labute approximate surface area is 176 Å². The molecule has 0 unspecified atom stereocenters. The molecule has 3 heterocycles. The number of amides is 1. The van der Waals surface area contributed by atoms with Crippen molar-refractivity contribution in [2.75, 3.05) is 26.8 Å². The van der Waals surface area contributed by atoms with Crippen LogP contribution in [0.4, 0.5) is 0 Å². The molecule has 0 saturated carbocycles. The van der Waals surface area contributed by atoms with Crippen LogP contribution >= 0.6 is 0 Å². The number of hydrogen-bond acceptors (Lipinski definition) is 5. The molecule has 4 rings (SSSR count). The van der Waals surface area contributed by atoms with Gasteiger partial charge in [0.15, 0.2) is 0 Å². The van der Waals surface area contributed by atoms with Gasteiger partial charge in [0.2, 0.25) is 0 Å². The first kappa shape index (κ1) is 20.0. The number of nitrogens with zero attached hydrogens (tertiary/aromatic N) is 3. The van der Waals surface area contributed by atoms with Gasteiger partial charge in [0.25, 0.3) is 5.91 Å². The van der Waals surface area contributed by atoms with Crippen LogP contribution in [0.2, 0.25) is 0 Å². The Morgan fingerprint density at radius 3 is 2.87 bits per heavy atom. The summed E-state index contributed by atoms with van der Waals surface area (Å²) in [6.45, 7) is 3.47. The summed E-state index contributed by atoms with van der Waals surface area (Å²) >= 11 is 0. The fourth-order valence-corrected chi connectivity index (χ4v) is 3.72. The Morgan fingerprint density at radius 2 is 2.07 bits per heavy atom. The predicted molar refractivity (Wildman–Crippen MR) is 114 cm³/mol. The largest absolute Gasteiger partial charge is 0.497 e. The fourth-order valence-electron chi connectivity index (χ4n) is 3.72. The summed E-state index contributed by atoms with van der Waals surface area (Å²) in [6, 6.07) is 17.6. The first-order valence-corrected chi connectivity index (χ1v) is 10.0. The van der Waals surface area contributed by atoms with Crippen molar-refractivity contribution in [3.63, 3.8) is 0 Å². The summed E-state index contributed by atoms with van der Waals surface area (Å²) in [7, 11) is 1.67. The zero-order chi connectivity index (χ0) is 20.9. The molecule has 0 aliphatic carbocycles. The molecule has 0 bridgehead atoms. The van der Waals surface area contributed by atoms with Crippen LogP contribution in [0.25, 0.3) is 0 Å². The molecule has 3 aromatic rings. The van der Waals surface area contributed by atoms with Crippen molar-refractivity contribution in [2.24, 2.45) is 0 Å². The Hall–Kier alpha value is -3.25. The molecule has 1 amide bonds. The third-order valence-corrected chi connectivity index (χ3v) is 5.14. The van der Waals surface area contributed by atoms with E-state index in [1.54, 1.807) is 30.3 Å². The average molecular weight is 403 g/mol. The molecular weight excluding hydrogens is 378 g/mol. The van der Waals surface area contributed by atoms with Crippen LogP contribution in [-0.4, -0.2) is 47.6 Å². The molecule has 1 aliphatic heterocycles. The molecular formula is C24H25N3O3. The van der Waals surface area contributed by atoms with Gasteiger partial charge in [0.1, 0.15) is 17.5 Å². The lowest BCUT2D eigenvalue weighted by molar-refractivity contribution is -0.0250. The van der Waals surface area contributed by atoms with Gasteiger partial charge < -0.3 is 14.4 Å². The number of benzene rings is 1. The minimum absolute atomic E-state index is 0.0758. The zero-order valence-corrected chi connectivity index (χ0v) is 17.2. The highest BCUT2D eigenvalue weighted by Crippen LogP contribution is 2.24. The van der Waals surface area contributed by atoms with Crippen LogP contribution in [0.5, 0.6) is 5.75 Å². The number of rotatable bonds is 5. The maximum Gasteiger partial charge on any atom is 0.272 e. The van der Waals surface area contributed by atoms with Crippen molar-refractivity contribution < 1.29 is 14.3 Å². The number of pyridine rings is 2. The zero-order valence-electron chi connectivity index (χ0n) is 17.2. The minimum atomic E-state index is -0.254. The fraction of sp³-hybridized carbons (Fsp3) is 0.292. The van der Waals surface area contributed by atoms with Crippen LogP contribution in [0.3, 0.4) is 0 Å². The minimum Gasteiger partial charge on any atom is -0.497 e. The van der Waals surface area contributed by atoms with E-state index in [1.807, 2.05) is 31.2 Å². The topological polar surface area (TPSA) is 64.5 Å². The summed E-state index contributed by atoms with van der Waals surface area (Å²) in [6.07, 6.45) is 2.16. The quantitative estimate of drug-likeness (QED) is 0.651. The molecule has 1 saturated heterocycles. The number of ether oxygens (including phenoxy) is 2. The van der Waals surface area contributed by atoms with Crippen LogP contribution in [-0.2, 0) is 11.2 Å². The summed E-state index contributed by atoms with van der Waals surface area (Å²) < 4.78 is 11.3. The number of aryl methyl sites for hydroxylation is 1. The van der Waals surface area contributed by atoms with Crippen LogP contribution in [0.15, 0.2) is 60.8 Å². The molecule has 154 valence electrons. The van der Waals surface area contributed by atoms with Crippen molar-refractivity contribution in [1.82, 2.24) is 14.9 Å². The van der Waals surface area contributed by atoms with Gasteiger partial charge in [-0.1, -0.05) is 18.2 Å². The second-order valence-electron chi connectivity index (χ2n) is 7.40. The summed E-state index contributed by atoms with van der Waals surface area (Å²) in [5.74, 6) is 0.769. The highest BCUT2D eigenvalue weighted by Gasteiger charge is 2.27. The highest BCUT2D eigenvalue weighted by atomic mass is 16.5. The van der Waals surface area contributed by atoms with Crippen molar-refractivity contribution in [2.45, 2.75) is 19.4 Å². The molecule has 2 aromatic heterocycles. The van der Waals surface area contributed by atoms with Gasteiger partial charge in [-0.05, 0) is 60.9 Å². The van der Waals surface area contributed by atoms with E-state index in [2.05, 4.69) is 23.2 Å². The van der Waals surface area contributed by atoms with Crippen LogP contribution in [0.1, 0.15) is 39.1 Å². The van der Waals surface area contributed by atoms with Gasteiger partial charge in [0.05, 0.1) is 26.0 Å². The number of carbonyl (C=O) groups is 1. The smallest absolute Gasteiger partial charge is 0.272 e.